The fraction of sp³-hybridized carbons (Fsp3) is 0.917. The Morgan fingerprint density at radius 3 is 2.62 bits per heavy atom. The summed E-state index contributed by atoms with van der Waals surface area (Å²) in [6.07, 6.45) is 6.80. The first-order valence-corrected chi connectivity index (χ1v) is 6.36. The van der Waals surface area contributed by atoms with E-state index in [0.29, 0.717) is 6.42 Å². The van der Waals surface area contributed by atoms with Gasteiger partial charge in [0.2, 0.25) is 5.91 Å². The van der Waals surface area contributed by atoms with E-state index in [-0.39, 0.29) is 5.91 Å². The zero-order valence-electron chi connectivity index (χ0n) is 10.6. The van der Waals surface area contributed by atoms with E-state index in [0.717, 1.165) is 12.3 Å². The molecule has 4 nitrogen and oxygen atoms in total. The second kappa shape index (κ2) is 7.63. The van der Waals surface area contributed by atoms with Crippen molar-refractivity contribution < 1.29 is 4.79 Å². The van der Waals surface area contributed by atoms with Crippen molar-refractivity contribution in [1.29, 1.82) is 0 Å². The van der Waals surface area contributed by atoms with Crippen molar-refractivity contribution in [3.63, 3.8) is 0 Å². The molecule has 1 fully saturated rings. The van der Waals surface area contributed by atoms with Gasteiger partial charge in [0, 0.05) is 13.5 Å². The molecule has 16 heavy (non-hydrogen) atoms. The molecule has 0 saturated carbocycles. The number of likely N-dealkylation sites (tertiary alicyclic amines) is 1. The SMILES string of the molecule is CNNC(=O)CCCCC1CCN(C)CC1. The Morgan fingerprint density at radius 1 is 1.31 bits per heavy atom. The van der Waals surface area contributed by atoms with Crippen LogP contribution in [0.2, 0.25) is 0 Å². The molecule has 1 amide bonds. The number of nitrogens with zero attached hydrogens (tertiary/aromatic N) is 1. The third-order valence-electron chi connectivity index (χ3n) is 3.37. The molecule has 4 heteroatoms. The maximum atomic E-state index is 11.2. The van der Waals surface area contributed by atoms with Gasteiger partial charge in [0.05, 0.1) is 0 Å². The number of carbonyl (C=O) groups is 1. The summed E-state index contributed by atoms with van der Waals surface area (Å²) in [5.74, 6) is 0.995. The normalized spacial score (nSPS) is 18.6. The van der Waals surface area contributed by atoms with Crippen LogP contribution in [0, 0.1) is 5.92 Å². The number of nitrogens with one attached hydrogen (secondary N) is 2. The minimum Gasteiger partial charge on any atom is -0.306 e. The number of unbranched alkanes of at least 4 members (excludes halogenated alkanes) is 1. The molecule has 0 bridgehead atoms. The van der Waals surface area contributed by atoms with Crippen molar-refractivity contribution in [1.82, 2.24) is 15.8 Å². The number of hydrazine groups is 1. The second-order valence-corrected chi connectivity index (χ2v) is 4.79. The molecular weight excluding hydrogens is 202 g/mol. The molecule has 1 aliphatic heterocycles. The average Bonchev–Trinajstić information content (AvgIpc) is 2.27. The molecule has 0 unspecified atom stereocenters. The van der Waals surface area contributed by atoms with Crippen molar-refractivity contribution in [3.05, 3.63) is 0 Å². The number of carbonyl (C=O) groups excluding carboxylic acids is 1. The fourth-order valence-electron chi connectivity index (χ4n) is 2.27. The predicted molar refractivity (Wildman–Crippen MR) is 65.9 cm³/mol. The van der Waals surface area contributed by atoms with Crippen molar-refractivity contribution in [2.24, 2.45) is 5.92 Å². The van der Waals surface area contributed by atoms with E-state index >= 15 is 0 Å². The lowest BCUT2D eigenvalue weighted by Gasteiger charge is -2.28. The highest BCUT2D eigenvalue weighted by atomic mass is 16.2. The highest BCUT2D eigenvalue weighted by Gasteiger charge is 2.15. The molecule has 1 heterocycles. The maximum Gasteiger partial charge on any atom is 0.234 e. The zero-order valence-corrected chi connectivity index (χ0v) is 10.6. The smallest absolute Gasteiger partial charge is 0.234 e. The first kappa shape index (κ1) is 13.5. The van der Waals surface area contributed by atoms with Crippen LogP contribution in [0.1, 0.15) is 38.5 Å². The lowest BCUT2D eigenvalue weighted by molar-refractivity contribution is -0.122. The Bertz CT molecular complexity index is 200. The maximum absolute atomic E-state index is 11.2. The van der Waals surface area contributed by atoms with E-state index in [1.165, 1.54) is 38.8 Å². The third-order valence-corrected chi connectivity index (χ3v) is 3.37. The van der Waals surface area contributed by atoms with Gasteiger partial charge in [-0.2, -0.15) is 0 Å². The van der Waals surface area contributed by atoms with E-state index in [1.54, 1.807) is 7.05 Å². The molecule has 1 rings (SSSR count). The van der Waals surface area contributed by atoms with Gasteiger partial charge in [-0.15, -0.1) is 0 Å². The van der Waals surface area contributed by atoms with Gasteiger partial charge >= 0.3 is 0 Å². The standard InChI is InChI=1S/C12H25N3O/c1-13-14-12(16)6-4-3-5-11-7-9-15(2)10-8-11/h11,13H,3-10H2,1-2H3,(H,14,16). The molecule has 94 valence electrons. The average molecular weight is 227 g/mol. The van der Waals surface area contributed by atoms with Crippen LogP contribution >= 0.6 is 0 Å². The lowest BCUT2D eigenvalue weighted by Crippen LogP contribution is -2.33. The van der Waals surface area contributed by atoms with Crippen molar-refractivity contribution in [2.75, 3.05) is 27.2 Å². The summed E-state index contributed by atoms with van der Waals surface area (Å²) in [7, 11) is 3.91. The van der Waals surface area contributed by atoms with Crippen LogP contribution in [0.25, 0.3) is 0 Å². The predicted octanol–water partition coefficient (Wildman–Crippen LogP) is 1.14. The molecule has 1 saturated heterocycles. The number of hydrogen-bond donors (Lipinski definition) is 2. The summed E-state index contributed by atoms with van der Waals surface area (Å²) in [5, 5.41) is 0. The van der Waals surface area contributed by atoms with E-state index in [4.69, 9.17) is 0 Å². The van der Waals surface area contributed by atoms with E-state index < -0.39 is 0 Å². The van der Waals surface area contributed by atoms with E-state index in [9.17, 15) is 4.79 Å². The van der Waals surface area contributed by atoms with Crippen molar-refractivity contribution in [3.8, 4) is 0 Å². The van der Waals surface area contributed by atoms with Gasteiger partial charge in [-0.25, -0.2) is 5.43 Å². The van der Waals surface area contributed by atoms with E-state index in [2.05, 4.69) is 22.8 Å². The highest BCUT2D eigenvalue weighted by molar-refractivity contribution is 5.75. The van der Waals surface area contributed by atoms with Gasteiger partial charge in [0.1, 0.15) is 0 Å². The van der Waals surface area contributed by atoms with Gasteiger partial charge in [0.15, 0.2) is 0 Å². The molecule has 1 aliphatic rings. The monoisotopic (exact) mass is 227 g/mol. The van der Waals surface area contributed by atoms with Gasteiger partial charge in [0.25, 0.3) is 0 Å². The van der Waals surface area contributed by atoms with Crippen LogP contribution < -0.4 is 10.9 Å². The number of hydrogen-bond acceptors (Lipinski definition) is 3. The second-order valence-electron chi connectivity index (χ2n) is 4.79. The van der Waals surface area contributed by atoms with Crippen LogP contribution in [-0.4, -0.2) is 38.0 Å². The fourth-order valence-corrected chi connectivity index (χ4v) is 2.27. The summed E-state index contributed by atoms with van der Waals surface area (Å²) < 4.78 is 0. The third kappa shape index (κ3) is 5.47. The quantitative estimate of drug-likeness (QED) is 0.528. The first-order valence-electron chi connectivity index (χ1n) is 6.36. The number of rotatable bonds is 6. The molecule has 0 aromatic heterocycles. The van der Waals surface area contributed by atoms with E-state index in [1.807, 2.05) is 0 Å². The number of amides is 1. The largest absolute Gasteiger partial charge is 0.306 e. The van der Waals surface area contributed by atoms with Crippen LogP contribution in [0.15, 0.2) is 0 Å². The van der Waals surface area contributed by atoms with Crippen LogP contribution in [-0.2, 0) is 4.79 Å². The van der Waals surface area contributed by atoms with Gasteiger partial charge in [-0.05, 0) is 45.3 Å². The topological polar surface area (TPSA) is 44.4 Å². The summed E-state index contributed by atoms with van der Waals surface area (Å²) in [4.78, 5) is 13.6. The Morgan fingerprint density at radius 2 is 2.00 bits per heavy atom. The van der Waals surface area contributed by atoms with Crippen molar-refractivity contribution >= 4 is 5.91 Å². The first-order chi connectivity index (χ1) is 7.72. The molecule has 2 N–H and O–H groups in total. The lowest BCUT2D eigenvalue weighted by atomic mass is 9.91. The Hall–Kier alpha value is -0.610. The van der Waals surface area contributed by atoms with Crippen LogP contribution in [0.5, 0.6) is 0 Å². The molecule has 0 atom stereocenters. The molecule has 0 spiro atoms. The van der Waals surface area contributed by atoms with Crippen LogP contribution in [0.4, 0.5) is 0 Å². The Balaban J connectivity index is 1.97. The number of piperidine rings is 1. The highest BCUT2D eigenvalue weighted by Crippen LogP contribution is 2.21. The molecule has 0 radical (unpaired) electrons. The van der Waals surface area contributed by atoms with Crippen LogP contribution in [0.3, 0.4) is 0 Å². The zero-order chi connectivity index (χ0) is 11.8. The minimum absolute atomic E-state index is 0.103. The van der Waals surface area contributed by atoms with Gasteiger partial charge in [-0.3, -0.25) is 10.2 Å². The van der Waals surface area contributed by atoms with Gasteiger partial charge in [-0.1, -0.05) is 12.8 Å². The molecule has 0 aliphatic carbocycles. The summed E-state index contributed by atoms with van der Waals surface area (Å²) in [6, 6.07) is 0. The Labute approximate surface area is 98.7 Å². The molecular formula is C12H25N3O. The molecule has 0 aromatic carbocycles. The minimum atomic E-state index is 0.103. The summed E-state index contributed by atoms with van der Waals surface area (Å²) in [5.41, 5.74) is 5.25. The van der Waals surface area contributed by atoms with Crippen molar-refractivity contribution in [2.45, 2.75) is 38.5 Å². The molecule has 0 aromatic rings. The van der Waals surface area contributed by atoms with Gasteiger partial charge < -0.3 is 4.90 Å². The summed E-state index contributed by atoms with van der Waals surface area (Å²) in [6.45, 7) is 2.48. The summed E-state index contributed by atoms with van der Waals surface area (Å²) >= 11 is 0. The Kier molecular flexibility index (Phi) is 6.42.